The smallest absolute Gasteiger partial charge is 0.229 e. The van der Waals surface area contributed by atoms with Crippen LogP contribution in [0.25, 0.3) is 4.85 Å². The quantitative estimate of drug-likeness (QED) is 0.519. The second-order valence-corrected chi connectivity index (χ2v) is 1.89. The molecular formula is C6H7N3. The van der Waals surface area contributed by atoms with Gasteiger partial charge in [0.1, 0.15) is 0 Å². The van der Waals surface area contributed by atoms with E-state index in [9.17, 15) is 0 Å². The highest BCUT2D eigenvalue weighted by atomic mass is 15.1. The van der Waals surface area contributed by atoms with Crippen LogP contribution < -0.4 is 0 Å². The van der Waals surface area contributed by atoms with Gasteiger partial charge in [0, 0.05) is 5.69 Å². The summed E-state index contributed by atoms with van der Waals surface area (Å²) in [5.74, 6) is 0. The van der Waals surface area contributed by atoms with Crippen molar-refractivity contribution in [3.63, 3.8) is 0 Å². The maximum absolute atomic E-state index is 6.71. The summed E-state index contributed by atoms with van der Waals surface area (Å²) in [5.41, 5.74) is 2.28. The molecule has 0 radical (unpaired) electrons. The van der Waals surface area contributed by atoms with Crippen LogP contribution in [0.5, 0.6) is 0 Å². The zero-order valence-corrected chi connectivity index (χ0v) is 5.39. The van der Waals surface area contributed by atoms with Gasteiger partial charge in [-0.3, -0.25) is 5.10 Å². The number of H-pyrrole nitrogens is 1. The first-order valence-corrected chi connectivity index (χ1v) is 2.64. The van der Waals surface area contributed by atoms with Crippen molar-refractivity contribution in [1.29, 1.82) is 0 Å². The van der Waals surface area contributed by atoms with Crippen molar-refractivity contribution in [1.82, 2.24) is 10.2 Å². The summed E-state index contributed by atoms with van der Waals surface area (Å²) in [6.45, 7) is 10.4. The summed E-state index contributed by atoms with van der Waals surface area (Å²) in [4.78, 5) is 3.29. The van der Waals surface area contributed by atoms with Gasteiger partial charge in [-0.15, -0.1) is 0 Å². The maximum Gasteiger partial charge on any atom is 0.229 e. The Kier molecular flexibility index (Phi) is 1.23. The van der Waals surface area contributed by atoms with Gasteiger partial charge < -0.3 is 0 Å². The Morgan fingerprint density at radius 1 is 1.56 bits per heavy atom. The van der Waals surface area contributed by atoms with Gasteiger partial charge in [-0.25, -0.2) is 4.85 Å². The van der Waals surface area contributed by atoms with Gasteiger partial charge >= 0.3 is 0 Å². The SMILES string of the molecule is [C-]#[N+]c1c(C)n[nH]c1C. The second kappa shape index (κ2) is 1.90. The molecule has 1 heterocycles. The van der Waals surface area contributed by atoms with E-state index in [0.29, 0.717) is 5.69 Å². The molecule has 1 aromatic rings. The number of aromatic amines is 1. The predicted molar refractivity (Wildman–Crippen MR) is 34.3 cm³/mol. The molecule has 1 rings (SSSR count). The van der Waals surface area contributed by atoms with Gasteiger partial charge in [0.25, 0.3) is 0 Å². The average Bonchev–Trinajstić information content (AvgIpc) is 2.12. The first kappa shape index (κ1) is 5.83. The van der Waals surface area contributed by atoms with Crippen molar-refractivity contribution in [2.75, 3.05) is 0 Å². The minimum absolute atomic E-state index is 0.648. The lowest BCUT2D eigenvalue weighted by Gasteiger charge is -1.80. The zero-order valence-electron chi connectivity index (χ0n) is 5.39. The summed E-state index contributed by atoms with van der Waals surface area (Å²) in [7, 11) is 0. The minimum Gasteiger partial charge on any atom is -0.294 e. The first-order chi connectivity index (χ1) is 4.25. The van der Waals surface area contributed by atoms with E-state index in [2.05, 4.69) is 15.0 Å². The van der Waals surface area contributed by atoms with Gasteiger partial charge in [-0.05, 0) is 13.8 Å². The molecule has 0 aliphatic rings. The van der Waals surface area contributed by atoms with Crippen LogP contribution in [-0.2, 0) is 0 Å². The largest absolute Gasteiger partial charge is 0.294 e. The zero-order chi connectivity index (χ0) is 6.85. The molecule has 0 amide bonds. The molecule has 1 N–H and O–H groups in total. The molecule has 0 aromatic carbocycles. The summed E-state index contributed by atoms with van der Waals surface area (Å²) in [6.07, 6.45) is 0. The van der Waals surface area contributed by atoms with Crippen LogP contribution in [0.2, 0.25) is 0 Å². The Morgan fingerprint density at radius 3 is 2.44 bits per heavy atom. The van der Waals surface area contributed by atoms with Crippen LogP contribution in [0.15, 0.2) is 0 Å². The lowest BCUT2D eigenvalue weighted by atomic mass is 10.3. The molecule has 0 aliphatic carbocycles. The number of aromatic nitrogens is 2. The van der Waals surface area contributed by atoms with E-state index >= 15 is 0 Å². The summed E-state index contributed by atoms with van der Waals surface area (Å²) in [6, 6.07) is 0. The lowest BCUT2D eigenvalue weighted by molar-refractivity contribution is 1.02. The fraction of sp³-hybridized carbons (Fsp3) is 0.333. The topological polar surface area (TPSA) is 33.0 Å². The third-order valence-electron chi connectivity index (χ3n) is 1.20. The van der Waals surface area contributed by atoms with Crippen LogP contribution >= 0.6 is 0 Å². The van der Waals surface area contributed by atoms with Crippen molar-refractivity contribution >= 4 is 5.69 Å². The van der Waals surface area contributed by atoms with Crippen LogP contribution in [0.3, 0.4) is 0 Å². The summed E-state index contributed by atoms with van der Waals surface area (Å²) < 4.78 is 0. The molecule has 0 saturated heterocycles. The third kappa shape index (κ3) is 0.789. The van der Waals surface area contributed by atoms with E-state index in [1.807, 2.05) is 13.8 Å². The van der Waals surface area contributed by atoms with E-state index < -0.39 is 0 Å². The molecule has 9 heavy (non-hydrogen) atoms. The molecule has 0 fully saturated rings. The molecule has 0 unspecified atom stereocenters. The molecule has 3 nitrogen and oxygen atoms in total. The van der Waals surface area contributed by atoms with E-state index in [-0.39, 0.29) is 0 Å². The van der Waals surface area contributed by atoms with Crippen molar-refractivity contribution < 1.29 is 0 Å². The summed E-state index contributed by atoms with van der Waals surface area (Å²) >= 11 is 0. The normalized spacial score (nSPS) is 9.00. The van der Waals surface area contributed by atoms with Crippen LogP contribution in [0.1, 0.15) is 11.4 Å². The number of rotatable bonds is 0. The number of aryl methyl sites for hydroxylation is 2. The molecule has 0 saturated carbocycles. The molecule has 0 spiro atoms. The van der Waals surface area contributed by atoms with Crippen molar-refractivity contribution in [3.05, 3.63) is 22.8 Å². The molecule has 0 aliphatic heterocycles. The van der Waals surface area contributed by atoms with E-state index in [1.165, 1.54) is 0 Å². The standard InChI is InChI=1S/C6H7N3/c1-4-6(7-3)5(2)9-8-4/h1-2H3,(H,8,9). The van der Waals surface area contributed by atoms with Gasteiger partial charge in [-0.1, -0.05) is 0 Å². The van der Waals surface area contributed by atoms with Gasteiger partial charge in [0.2, 0.25) is 5.69 Å². The van der Waals surface area contributed by atoms with Gasteiger partial charge in [0.05, 0.1) is 12.3 Å². The summed E-state index contributed by atoms with van der Waals surface area (Å²) in [5, 5.41) is 6.57. The molecule has 0 bridgehead atoms. The van der Waals surface area contributed by atoms with Crippen molar-refractivity contribution in [2.24, 2.45) is 0 Å². The van der Waals surface area contributed by atoms with E-state index in [4.69, 9.17) is 6.57 Å². The molecule has 3 heteroatoms. The minimum atomic E-state index is 0.648. The highest BCUT2D eigenvalue weighted by molar-refractivity contribution is 5.52. The van der Waals surface area contributed by atoms with Gasteiger partial charge in [-0.2, -0.15) is 5.10 Å². The molecular weight excluding hydrogens is 114 g/mol. The molecule has 1 aromatic heterocycles. The monoisotopic (exact) mass is 121 g/mol. The van der Waals surface area contributed by atoms with Crippen LogP contribution in [0.4, 0.5) is 5.69 Å². The molecule has 0 atom stereocenters. The van der Waals surface area contributed by atoms with Crippen molar-refractivity contribution in [3.8, 4) is 0 Å². The maximum atomic E-state index is 6.71. The van der Waals surface area contributed by atoms with Crippen molar-refractivity contribution in [2.45, 2.75) is 13.8 Å². The second-order valence-electron chi connectivity index (χ2n) is 1.89. The Morgan fingerprint density at radius 2 is 2.22 bits per heavy atom. The number of nitrogens with one attached hydrogen (secondary N) is 1. The number of hydrogen-bond acceptors (Lipinski definition) is 1. The first-order valence-electron chi connectivity index (χ1n) is 2.64. The average molecular weight is 121 g/mol. The number of nitrogens with zero attached hydrogens (tertiary/aromatic N) is 2. The van der Waals surface area contributed by atoms with Crippen LogP contribution in [-0.4, -0.2) is 10.2 Å². The van der Waals surface area contributed by atoms with E-state index in [0.717, 1.165) is 11.4 Å². The highest BCUT2D eigenvalue weighted by Gasteiger charge is 2.02. The van der Waals surface area contributed by atoms with Crippen LogP contribution in [0, 0.1) is 20.4 Å². The number of hydrogen-bond donors (Lipinski definition) is 1. The predicted octanol–water partition coefficient (Wildman–Crippen LogP) is 1.58. The van der Waals surface area contributed by atoms with E-state index in [1.54, 1.807) is 0 Å². The highest BCUT2D eigenvalue weighted by Crippen LogP contribution is 2.18. The fourth-order valence-corrected chi connectivity index (χ4v) is 0.710. The molecule has 46 valence electrons. The Labute approximate surface area is 53.5 Å². The van der Waals surface area contributed by atoms with Gasteiger partial charge in [0.15, 0.2) is 0 Å². The Hall–Kier alpha value is -1.30. The lowest BCUT2D eigenvalue weighted by Crippen LogP contribution is -1.68. The Balaban J connectivity index is 3.27. The Bertz CT molecular complexity index is 234. The fourth-order valence-electron chi connectivity index (χ4n) is 0.710. The third-order valence-corrected chi connectivity index (χ3v) is 1.20.